The lowest BCUT2D eigenvalue weighted by atomic mass is 10.1. The summed E-state index contributed by atoms with van der Waals surface area (Å²) in [4.78, 5) is 18.0. The monoisotopic (exact) mass is 403 g/mol. The quantitative estimate of drug-likeness (QED) is 0.567. The Labute approximate surface area is 173 Å². The van der Waals surface area contributed by atoms with Gasteiger partial charge in [0.2, 0.25) is 5.95 Å². The van der Waals surface area contributed by atoms with Crippen LogP contribution in [0.2, 0.25) is 0 Å². The van der Waals surface area contributed by atoms with Crippen LogP contribution >= 0.6 is 0 Å². The topological polar surface area (TPSA) is 75.6 Å². The van der Waals surface area contributed by atoms with E-state index < -0.39 is 0 Å². The fourth-order valence-corrected chi connectivity index (χ4v) is 3.85. The molecule has 0 amide bonds. The van der Waals surface area contributed by atoms with Gasteiger partial charge in [-0.05, 0) is 43.4 Å². The Bertz CT molecular complexity index is 1190. The first-order chi connectivity index (χ1) is 14.6. The first kappa shape index (κ1) is 18.5. The smallest absolute Gasteiger partial charge is 0.220 e. The molecule has 1 fully saturated rings. The van der Waals surface area contributed by atoms with Crippen LogP contribution in [0.3, 0.4) is 0 Å². The Balaban J connectivity index is 1.66. The molecule has 3 aromatic heterocycles. The molecule has 2 N–H and O–H groups in total. The maximum Gasteiger partial charge on any atom is 0.220 e. The van der Waals surface area contributed by atoms with Crippen molar-refractivity contribution in [2.24, 2.45) is 0 Å². The molecule has 1 aliphatic rings. The van der Waals surface area contributed by atoms with Gasteiger partial charge in [-0.1, -0.05) is 0 Å². The molecule has 1 saturated heterocycles. The number of anilines is 2. The maximum atomic E-state index is 13.5. The number of rotatable bonds is 3. The summed E-state index contributed by atoms with van der Waals surface area (Å²) < 4.78 is 15.5. The zero-order valence-corrected chi connectivity index (χ0v) is 16.7. The number of aromatic nitrogens is 4. The van der Waals surface area contributed by atoms with Crippen molar-refractivity contribution >= 4 is 17.3 Å². The number of fused-ring (bicyclic) bond motifs is 1. The highest BCUT2D eigenvalue weighted by Crippen LogP contribution is 2.33. The molecule has 1 aromatic carbocycles. The van der Waals surface area contributed by atoms with Crippen LogP contribution in [0.5, 0.6) is 0 Å². The minimum Gasteiger partial charge on any atom is -0.369 e. The van der Waals surface area contributed by atoms with Crippen molar-refractivity contribution in [1.29, 1.82) is 0 Å². The van der Waals surface area contributed by atoms with Crippen molar-refractivity contribution in [2.75, 3.05) is 43.9 Å². The highest BCUT2D eigenvalue weighted by Gasteiger charge is 2.20. The molecule has 1 aliphatic heterocycles. The van der Waals surface area contributed by atoms with Crippen LogP contribution in [-0.2, 0) is 0 Å². The van der Waals surface area contributed by atoms with E-state index in [9.17, 15) is 4.39 Å². The van der Waals surface area contributed by atoms with Crippen LogP contribution < -0.4 is 10.6 Å². The maximum absolute atomic E-state index is 13.5. The number of nitrogen functional groups attached to an aromatic ring is 1. The molecule has 8 heteroatoms. The number of nitrogens with zero attached hydrogens (tertiary/aromatic N) is 6. The van der Waals surface area contributed by atoms with Gasteiger partial charge in [-0.3, -0.25) is 4.40 Å². The summed E-state index contributed by atoms with van der Waals surface area (Å²) in [7, 11) is 2.14. The van der Waals surface area contributed by atoms with E-state index in [0.29, 0.717) is 5.69 Å². The fourth-order valence-electron chi connectivity index (χ4n) is 3.85. The van der Waals surface area contributed by atoms with Gasteiger partial charge in [0.25, 0.3) is 0 Å². The molecule has 152 valence electrons. The fraction of sp³-hybridized carbons (Fsp3) is 0.227. The van der Waals surface area contributed by atoms with Gasteiger partial charge in [0, 0.05) is 55.9 Å². The third kappa shape index (κ3) is 3.35. The number of imidazole rings is 1. The second-order valence-electron chi connectivity index (χ2n) is 7.52. The number of likely N-dealkylation sites (N-methyl/N-ethyl adjacent to an activating group) is 1. The largest absolute Gasteiger partial charge is 0.369 e. The van der Waals surface area contributed by atoms with Crippen molar-refractivity contribution in [1.82, 2.24) is 24.3 Å². The number of nitrogens with two attached hydrogens (primary N) is 1. The lowest BCUT2D eigenvalue weighted by Crippen LogP contribution is -2.44. The second-order valence-corrected chi connectivity index (χ2v) is 7.52. The predicted molar refractivity (Wildman–Crippen MR) is 116 cm³/mol. The number of piperazine rings is 1. The van der Waals surface area contributed by atoms with E-state index >= 15 is 0 Å². The summed E-state index contributed by atoms with van der Waals surface area (Å²) in [5.41, 5.74) is 10.8. The van der Waals surface area contributed by atoms with Gasteiger partial charge in [-0.15, -0.1) is 0 Å². The molecule has 4 aromatic rings. The van der Waals surface area contributed by atoms with Crippen molar-refractivity contribution < 1.29 is 4.39 Å². The van der Waals surface area contributed by atoms with E-state index in [1.165, 1.54) is 12.1 Å². The second kappa shape index (κ2) is 7.38. The average molecular weight is 403 g/mol. The number of hydrogen-bond acceptors (Lipinski definition) is 6. The van der Waals surface area contributed by atoms with E-state index in [1.54, 1.807) is 24.4 Å². The van der Waals surface area contributed by atoms with Crippen molar-refractivity contribution in [2.45, 2.75) is 0 Å². The van der Waals surface area contributed by atoms with Gasteiger partial charge < -0.3 is 15.5 Å². The molecule has 0 saturated carbocycles. The average Bonchev–Trinajstić information content (AvgIpc) is 3.13. The van der Waals surface area contributed by atoms with Crippen LogP contribution in [0.4, 0.5) is 16.0 Å². The van der Waals surface area contributed by atoms with E-state index in [2.05, 4.69) is 38.9 Å². The van der Waals surface area contributed by atoms with Crippen molar-refractivity contribution in [3.63, 3.8) is 0 Å². The van der Waals surface area contributed by atoms with Crippen LogP contribution in [0, 0.1) is 5.82 Å². The number of halogens is 1. The lowest BCUT2D eigenvalue weighted by Gasteiger charge is -2.34. The molecule has 30 heavy (non-hydrogen) atoms. The molecule has 0 bridgehead atoms. The molecular weight excluding hydrogens is 381 g/mol. The van der Waals surface area contributed by atoms with E-state index in [0.717, 1.165) is 54.5 Å². The van der Waals surface area contributed by atoms with Gasteiger partial charge in [-0.25, -0.2) is 19.3 Å². The van der Waals surface area contributed by atoms with E-state index in [-0.39, 0.29) is 11.8 Å². The van der Waals surface area contributed by atoms with E-state index in [1.807, 2.05) is 10.6 Å². The van der Waals surface area contributed by atoms with Crippen LogP contribution in [0.1, 0.15) is 0 Å². The summed E-state index contributed by atoms with van der Waals surface area (Å²) in [5.74, 6) is -0.0886. The Morgan fingerprint density at radius 3 is 2.47 bits per heavy atom. The molecule has 0 radical (unpaired) electrons. The molecule has 7 nitrogen and oxygen atoms in total. The molecular formula is C22H22FN7. The van der Waals surface area contributed by atoms with Crippen LogP contribution in [0.25, 0.3) is 28.3 Å². The summed E-state index contributed by atoms with van der Waals surface area (Å²) in [6.45, 7) is 4.03. The van der Waals surface area contributed by atoms with Crippen LogP contribution in [0.15, 0.2) is 54.9 Å². The molecule has 0 aliphatic carbocycles. The highest BCUT2D eigenvalue weighted by molar-refractivity contribution is 5.81. The Morgan fingerprint density at radius 2 is 1.73 bits per heavy atom. The Kier molecular flexibility index (Phi) is 4.55. The summed E-state index contributed by atoms with van der Waals surface area (Å²) in [6.07, 6.45) is 3.64. The molecule has 5 rings (SSSR count). The van der Waals surface area contributed by atoms with Crippen LogP contribution in [-0.4, -0.2) is 57.5 Å². The minimum atomic E-state index is -0.285. The van der Waals surface area contributed by atoms with E-state index in [4.69, 9.17) is 10.7 Å². The predicted octanol–water partition coefficient (Wildman–Crippen LogP) is 2.93. The molecule has 0 spiro atoms. The number of benzene rings is 1. The minimum absolute atomic E-state index is 0.196. The zero-order valence-electron chi connectivity index (χ0n) is 16.7. The van der Waals surface area contributed by atoms with Gasteiger partial charge in [0.05, 0.1) is 17.1 Å². The number of hydrogen-bond donors (Lipinski definition) is 1. The zero-order chi connectivity index (χ0) is 20.7. The van der Waals surface area contributed by atoms with Gasteiger partial charge in [-0.2, -0.15) is 0 Å². The summed E-state index contributed by atoms with van der Waals surface area (Å²) in [6, 6.07) is 12.3. The normalized spacial score (nSPS) is 15.1. The Morgan fingerprint density at radius 1 is 0.967 bits per heavy atom. The van der Waals surface area contributed by atoms with Gasteiger partial charge >= 0.3 is 0 Å². The lowest BCUT2D eigenvalue weighted by molar-refractivity contribution is 0.313. The first-order valence-corrected chi connectivity index (χ1v) is 9.89. The Hall–Kier alpha value is -3.52. The SMILES string of the molecule is CN1CCN(c2ccn3c(-c4ccnc(N)n4)c(-c4ccc(F)cc4)nc3c2)CC1. The number of pyridine rings is 1. The third-order valence-electron chi connectivity index (χ3n) is 5.51. The summed E-state index contributed by atoms with van der Waals surface area (Å²) >= 11 is 0. The molecule has 0 unspecified atom stereocenters. The van der Waals surface area contributed by atoms with Crippen molar-refractivity contribution in [3.05, 3.63) is 60.7 Å². The molecule has 0 atom stereocenters. The van der Waals surface area contributed by atoms with Gasteiger partial charge in [0.15, 0.2) is 0 Å². The van der Waals surface area contributed by atoms with Crippen molar-refractivity contribution in [3.8, 4) is 22.6 Å². The third-order valence-corrected chi connectivity index (χ3v) is 5.51. The highest BCUT2D eigenvalue weighted by atomic mass is 19.1. The summed E-state index contributed by atoms with van der Waals surface area (Å²) in [5, 5.41) is 0. The first-order valence-electron chi connectivity index (χ1n) is 9.89. The standard InChI is InChI=1S/C22H22FN7/c1-28-10-12-29(13-11-28)17-7-9-30-19(14-17)27-20(15-2-4-16(23)5-3-15)21(30)18-6-8-25-22(24)26-18/h2-9,14H,10-13H2,1H3,(H2,24,25,26). The molecule has 4 heterocycles. The van der Waals surface area contributed by atoms with Gasteiger partial charge in [0.1, 0.15) is 11.5 Å².